The maximum Gasteiger partial charge on any atom is 0.236 e. The Kier molecular flexibility index (Phi) is 5.05. The SMILES string of the molecule is CCCNCC(=O)N1CCC(O)C(C)C1. The summed E-state index contributed by atoms with van der Waals surface area (Å²) in [6.45, 7) is 6.76. The summed E-state index contributed by atoms with van der Waals surface area (Å²) in [6.07, 6.45) is 1.51. The number of carbonyl (C=O) groups excluding carboxylic acids is 1. The van der Waals surface area contributed by atoms with Crippen molar-refractivity contribution in [2.24, 2.45) is 5.92 Å². The van der Waals surface area contributed by atoms with Gasteiger partial charge in [-0.2, -0.15) is 0 Å². The number of carbonyl (C=O) groups is 1. The van der Waals surface area contributed by atoms with Gasteiger partial charge in [-0.1, -0.05) is 13.8 Å². The van der Waals surface area contributed by atoms with Crippen molar-refractivity contribution in [3.05, 3.63) is 0 Å². The fourth-order valence-electron chi connectivity index (χ4n) is 1.84. The Morgan fingerprint density at radius 2 is 2.33 bits per heavy atom. The van der Waals surface area contributed by atoms with Crippen molar-refractivity contribution < 1.29 is 9.90 Å². The molecule has 2 unspecified atom stereocenters. The molecule has 1 fully saturated rings. The lowest BCUT2D eigenvalue weighted by molar-refractivity contribution is -0.133. The molecule has 1 heterocycles. The predicted molar refractivity (Wildman–Crippen MR) is 59.5 cm³/mol. The Hall–Kier alpha value is -0.610. The van der Waals surface area contributed by atoms with Gasteiger partial charge in [0.25, 0.3) is 0 Å². The molecule has 15 heavy (non-hydrogen) atoms. The highest BCUT2D eigenvalue weighted by Crippen LogP contribution is 2.16. The van der Waals surface area contributed by atoms with Gasteiger partial charge in [-0.05, 0) is 25.3 Å². The molecule has 4 heteroatoms. The zero-order chi connectivity index (χ0) is 11.3. The number of piperidine rings is 1. The molecule has 0 aromatic carbocycles. The van der Waals surface area contributed by atoms with E-state index in [0.29, 0.717) is 26.1 Å². The molecule has 0 radical (unpaired) electrons. The topological polar surface area (TPSA) is 52.6 Å². The van der Waals surface area contributed by atoms with Crippen LogP contribution in [0.25, 0.3) is 0 Å². The molecule has 0 aromatic heterocycles. The van der Waals surface area contributed by atoms with Crippen molar-refractivity contribution >= 4 is 5.91 Å². The minimum Gasteiger partial charge on any atom is -0.393 e. The number of nitrogens with zero attached hydrogens (tertiary/aromatic N) is 1. The van der Waals surface area contributed by atoms with Crippen LogP contribution < -0.4 is 5.32 Å². The molecule has 1 aliphatic rings. The Morgan fingerprint density at radius 1 is 1.60 bits per heavy atom. The van der Waals surface area contributed by atoms with E-state index < -0.39 is 0 Å². The first-order valence-corrected chi connectivity index (χ1v) is 5.81. The van der Waals surface area contributed by atoms with Crippen molar-refractivity contribution in [1.82, 2.24) is 10.2 Å². The van der Waals surface area contributed by atoms with Crippen molar-refractivity contribution in [1.29, 1.82) is 0 Å². The van der Waals surface area contributed by atoms with Crippen molar-refractivity contribution in [3.8, 4) is 0 Å². The standard InChI is InChI=1S/C11H22N2O2/c1-3-5-12-7-11(15)13-6-4-10(14)9(2)8-13/h9-10,12,14H,3-8H2,1-2H3. The zero-order valence-electron chi connectivity index (χ0n) is 9.70. The predicted octanol–water partition coefficient (Wildman–Crippen LogP) is 0.215. The summed E-state index contributed by atoms with van der Waals surface area (Å²) >= 11 is 0. The maximum absolute atomic E-state index is 11.7. The van der Waals surface area contributed by atoms with Crippen LogP contribution in [-0.4, -0.2) is 48.2 Å². The third kappa shape index (κ3) is 3.80. The fourth-order valence-corrected chi connectivity index (χ4v) is 1.84. The van der Waals surface area contributed by atoms with E-state index in [-0.39, 0.29) is 17.9 Å². The summed E-state index contributed by atoms with van der Waals surface area (Å²) in [4.78, 5) is 13.6. The van der Waals surface area contributed by atoms with Gasteiger partial charge < -0.3 is 15.3 Å². The van der Waals surface area contributed by atoms with Crippen LogP contribution in [-0.2, 0) is 4.79 Å². The second-order valence-corrected chi connectivity index (χ2v) is 4.35. The van der Waals surface area contributed by atoms with Gasteiger partial charge in [0.05, 0.1) is 12.6 Å². The molecule has 1 amide bonds. The van der Waals surface area contributed by atoms with Crippen LogP contribution in [0.2, 0.25) is 0 Å². The van der Waals surface area contributed by atoms with Crippen LogP contribution in [0.4, 0.5) is 0 Å². The number of amides is 1. The van der Waals surface area contributed by atoms with Crippen LogP contribution in [0.5, 0.6) is 0 Å². The molecule has 4 nitrogen and oxygen atoms in total. The first kappa shape index (κ1) is 12.5. The molecule has 2 atom stereocenters. The molecule has 1 rings (SSSR count). The lowest BCUT2D eigenvalue weighted by Crippen LogP contribution is -2.47. The highest BCUT2D eigenvalue weighted by molar-refractivity contribution is 5.78. The lowest BCUT2D eigenvalue weighted by atomic mass is 9.97. The van der Waals surface area contributed by atoms with Gasteiger partial charge in [0.2, 0.25) is 5.91 Å². The summed E-state index contributed by atoms with van der Waals surface area (Å²) in [5.74, 6) is 0.357. The minimum absolute atomic E-state index is 0.155. The zero-order valence-corrected chi connectivity index (χ0v) is 9.70. The van der Waals surface area contributed by atoms with E-state index in [4.69, 9.17) is 0 Å². The van der Waals surface area contributed by atoms with Gasteiger partial charge in [-0.25, -0.2) is 0 Å². The van der Waals surface area contributed by atoms with Crippen LogP contribution in [0, 0.1) is 5.92 Å². The Bertz CT molecular complexity index is 209. The van der Waals surface area contributed by atoms with Gasteiger partial charge in [-0.15, -0.1) is 0 Å². The smallest absolute Gasteiger partial charge is 0.236 e. The van der Waals surface area contributed by atoms with Crippen molar-refractivity contribution in [2.45, 2.75) is 32.8 Å². The quantitative estimate of drug-likeness (QED) is 0.658. The van der Waals surface area contributed by atoms with Crippen LogP contribution in [0.15, 0.2) is 0 Å². The van der Waals surface area contributed by atoms with Crippen molar-refractivity contribution in [3.63, 3.8) is 0 Å². The number of aliphatic hydroxyl groups is 1. The highest BCUT2D eigenvalue weighted by Gasteiger charge is 2.26. The van der Waals surface area contributed by atoms with E-state index in [0.717, 1.165) is 13.0 Å². The Morgan fingerprint density at radius 3 is 2.93 bits per heavy atom. The molecule has 0 aliphatic carbocycles. The number of nitrogens with one attached hydrogen (secondary N) is 1. The van der Waals surface area contributed by atoms with Gasteiger partial charge in [0.1, 0.15) is 0 Å². The number of rotatable bonds is 4. The highest BCUT2D eigenvalue weighted by atomic mass is 16.3. The van der Waals surface area contributed by atoms with Crippen LogP contribution >= 0.6 is 0 Å². The maximum atomic E-state index is 11.7. The largest absolute Gasteiger partial charge is 0.393 e. The lowest BCUT2D eigenvalue weighted by Gasteiger charge is -2.34. The summed E-state index contributed by atoms with van der Waals surface area (Å²) in [7, 11) is 0. The molecular formula is C11H22N2O2. The average Bonchev–Trinajstić information content (AvgIpc) is 2.22. The molecule has 88 valence electrons. The first-order chi connectivity index (χ1) is 7.15. The Balaban J connectivity index is 2.28. The molecule has 2 N–H and O–H groups in total. The van der Waals surface area contributed by atoms with E-state index in [1.807, 2.05) is 11.8 Å². The number of hydrogen-bond acceptors (Lipinski definition) is 3. The van der Waals surface area contributed by atoms with Gasteiger partial charge in [0.15, 0.2) is 0 Å². The van der Waals surface area contributed by atoms with Gasteiger partial charge >= 0.3 is 0 Å². The normalized spacial score (nSPS) is 26.7. The van der Waals surface area contributed by atoms with E-state index in [9.17, 15) is 9.90 Å². The van der Waals surface area contributed by atoms with E-state index in [2.05, 4.69) is 12.2 Å². The monoisotopic (exact) mass is 214 g/mol. The molecule has 0 spiro atoms. The second-order valence-electron chi connectivity index (χ2n) is 4.35. The molecular weight excluding hydrogens is 192 g/mol. The second kappa shape index (κ2) is 6.08. The molecule has 0 aromatic rings. The van der Waals surface area contributed by atoms with E-state index in [1.54, 1.807) is 0 Å². The fraction of sp³-hybridized carbons (Fsp3) is 0.909. The third-order valence-electron chi connectivity index (χ3n) is 2.92. The number of aliphatic hydroxyl groups excluding tert-OH is 1. The molecule has 0 bridgehead atoms. The summed E-state index contributed by atoms with van der Waals surface area (Å²) in [6, 6.07) is 0. The van der Waals surface area contributed by atoms with Crippen LogP contribution in [0.1, 0.15) is 26.7 Å². The van der Waals surface area contributed by atoms with Crippen LogP contribution in [0.3, 0.4) is 0 Å². The first-order valence-electron chi connectivity index (χ1n) is 5.81. The van der Waals surface area contributed by atoms with E-state index >= 15 is 0 Å². The number of hydrogen-bond donors (Lipinski definition) is 2. The van der Waals surface area contributed by atoms with Gasteiger partial charge in [0, 0.05) is 13.1 Å². The van der Waals surface area contributed by atoms with Crippen molar-refractivity contribution in [2.75, 3.05) is 26.2 Å². The molecule has 1 aliphatic heterocycles. The minimum atomic E-state index is -0.238. The summed E-state index contributed by atoms with van der Waals surface area (Å²) in [5, 5.41) is 12.6. The summed E-state index contributed by atoms with van der Waals surface area (Å²) < 4.78 is 0. The summed E-state index contributed by atoms with van der Waals surface area (Å²) in [5.41, 5.74) is 0. The van der Waals surface area contributed by atoms with E-state index in [1.165, 1.54) is 0 Å². The Labute approximate surface area is 91.6 Å². The molecule has 0 saturated carbocycles. The molecule has 1 saturated heterocycles. The van der Waals surface area contributed by atoms with Gasteiger partial charge in [-0.3, -0.25) is 4.79 Å². The number of likely N-dealkylation sites (tertiary alicyclic amines) is 1. The average molecular weight is 214 g/mol. The third-order valence-corrected chi connectivity index (χ3v) is 2.92.